The quantitative estimate of drug-likeness (QED) is 0.338. The van der Waals surface area contributed by atoms with Crippen LogP contribution in [-0.4, -0.2) is 45.6 Å². The number of hydrogen-bond acceptors (Lipinski definition) is 4. The minimum absolute atomic E-state index is 0.0905. The Morgan fingerprint density at radius 2 is 1.66 bits per heavy atom. The smallest absolute Gasteiger partial charge is 0.222 e. The number of amides is 1. The predicted molar refractivity (Wildman–Crippen MR) is 154 cm³/mol. The van der Waals surface area contributed by atoms with Gasteiger partial charge in [0.1, 0.15) is 5.82 Å². The van der Waals surface area contributed by atoms with Gasteiger partial charge in [-0.15, -0.1) is 0 Å². The third-order valence-electron chi connectivity index (χ3n) is 8.09. The number of hydrogen-bond donors (Lipinski definition) is 0. The Hall–Kier alpha value is -3.60. The molecular weight excluding hydrogens is 468 g/mol. The van der Waals surface area contributed by atoms with Gasteiger partial charge in [0.25, 0.3) is 0 Å². The maximum atomic E-state index is 13.0. The Kier molecular flexibility index (Phi) is 8.42. The van der Waals surface area contributed by atoms with Gasteiger partial charge in [-0.2, -0.15) is 0 Å². The van der Waals surface area contributed by atoms with Gasteiger partial charge >= 0.3 is 0 Å². The first-order valence-electron chi connectivity index (χ1n) is 14.0. The standard InChI is InChI=1S/C33H38N4O/c1-24-12-14-28(22-25(24)2)31-23-29(27-8-4-3-5-9-27)30(36-31)10-6-11-33(38)37-20-16-26(17-21-37)13-15-32-34-18-7-19-35-32/h3-5,7-9,12,14,18-19,22-23,26,30H,6,10-11,13,15-17,20-21H2,1-2H3. The topological polar surface area (TPSA) is 58.5 Å². The molecular formula is C33H38N4O. The number of benzene rings is 2. The summed E-state index contributed by atoms with van der Waals surface area (Å²) in [4.78, 5) is 28.9. The summed E-state index contributed by atoms with van der Waals surface area (Å²) in [5.41, 5.74) is 7.27. The maximum Gasteiger partial charge on any atom is 0.222 e. The fourth-order valence-corrected chi connectivity index (χ4v) is 5.57. The Bertz CT molecular complexity index is 1290. The van der Waals surface area contributed by atoms with E-state index in [1.54, 1.807) is 0 Å². The van der Waals surface area contributed by atoms with Gasteiger partial charge in [-0.25, -0.2) is 9.97 Å². The third-order valence-corrected chi connectivity index (χ3v) is 8.09. The summed E-state index contributed by atoms with van der Waals surface area (Å²) in [5.74, 6) is 1.86. The van der Waals surface area contributed by atoms with Crippen molar-refractivity contribution in [3.05, 3.63) is 101 Å². The first-order chi connectivity index (χ1) is 18.6. The van der Waals surface area contributed by atoms with Crippen LogP contribution in [0.25, 0.3) is 5.57 Å². The number of aromatic nitrogens is 2. The number of allylic oxidation sites excluding steroid dienone is 1. The van der Waals surface area contributed by atoms with Crippen molar-refractivity contribution < 1.29 is 4.79 Å². The molecule has 0 aliphatic carbocycles. The van der Waals surface area contributed by atoms with Gasteiger partial charge in [0.2, 0.25) is 5.91 Å². The van der Waals surface area contributed by atoms with Crippen molar-refractivity contribution in [2.75, 3.05) is 13.1 Å². The van der Waals surface area contributed by atoms with E-state index in [1.807, 2.05) is 18.5 Å². The second-order valence-corrected chi connectivity index (χ2v) is 10.7. The average molecular weight is 507 g/mol. The molecule has 0 N–H and O–H groups in total. The molecule has 2 aliphatic rings. The van der Waals surface area contributed by atoms with Gasteiger partial charge in [-0.3, -0.25) is 9.79 Å². The lowest BCUT2D eigenvalue weighted by Gasteiger charge is -2.32. The Morgan fingerprint density at radius 1 is 0.895 bits per heavy atom. The molecule has 5 heteroatoms. The number of aliphatic imine (C=N–C) groups is 1. The van der Waals surface area contributed by atoms with Crippen LogP contribution in [0.4, 0.5) is 0 Å². The molecule has 0 spiro atoms. The molecule has 1 aromatic heterocycles. The highest BCUT2D eigenvalue weighted by Crippen LogP contribution is 2.31. The lowest BCUT2D eigenvalue weighted by atomic mass is 9.91. The fraction of sp³-hybridized carbons (Fsp3) is 0.394. The van der Waals surface area contributed by atoms with E-state index in [-0.39, 0.29) is 11.9 Å². The van der Waals surface area contributed by atoms with Gasteiger partial charge in [0.15, 0.2) is 0 Å². The normalized spacial score (nSPS) is 17.8. The van der Waals surface area contributed by atoms with Crippen molar-refractivity contribution in [2.24, 2.45) is 10.9 Å². The van der Waals surface area contributed by atoms with Crippen LogP contribution in [0.3, 0.4) is 0 Å². The first kappa shape index (κ1) is 26.0. The molecule has 0 radical (unpaired) electrons. The summed E-state index contributed by atoms with van der Waals surface area (Å²) in [7, 11) is 0. The molecule has 2 aromatic carbocycles. The lowest BCUT2D eigenvalue weighted by Crippen LogP contribution is -2.38. The second-order valence-electron chi connectivity index (χ2n) is 10.7. The largest absolute Gasteiger partial charge is 0.343 e. The molecule has 1 saturated heterocycles. The number of carbonyl (C=O) groups excluding carboxylic acids is 1. The first-order valence-corrected chi connectivity index (χ1v) is 14.0. The number of likely N-dealkylation sites (tertiary alicyclic amines) is 1. The molecule has 0 saturated carbocycles. The van der Waals surface area contributed by atoms with Crippen LogP contribution < -0.4 is 0 Å². The molecule has 1 fully saturated rings. The summed E-state index contributed by atoms with van der Waals surface area (Å²) in [6.45, 7) is 6.03. The van der Waals surface area contributed by atoms with E-state index in [0.717, 1.165) is 63.2 Å². The SMILES string of the molecule is Cc1ccc(C2=NC(CCCC(=O)N3CCC(CCc4ncccn4)CC3)C(c3ccccc3)=C2)cc1C. The zero-order valence-corrected chi connectivity index (χ0v) is 22.6. The van der Waals surface area contributed by atoms with Crippen molar-refractivity contribution in [1.82, 2.24) is 14.9 Å². The summed E-state index contributed by atoms with van der Waals surface area (Å²) in [6.07, 6.45) is 12.4. The molecule has 1 atom stereocenters. The molecule has 5 rings (SSSR count). The third kappa shape index (κ3) is 6.45. The number of piperidine rings is 1. The van der Waals surface area contributed by atoms with E-state index in [0.29, 0.717) is 12.3 Å². The van der Waals surface area contributed by atoms with Gasteiger partial charge in [-0.1, -0.05) is 42.5 Å². The monoisotopic (exact) mass is 506 g/mol. The van der Waals surface area contributed by atoms with E-state index < -0.39 is 0 Å². The molecule has 3 aromatic rings. The van der Waals surface area contributed by atoms with Crippen molar-refractivity contribution in [1.29, 1.82) is 0 Å². The van der Waals surface area contributed by atoms with Crippen molar-refractivity contribution in [2.45, 2.75) is 64.8 Å². The van der Waals surface area contributed by atoms with Crippen molar-refractivity contribution >= 4 is 17.2 Å². The molecule has 3 heterocycles. The molecule has 5 nitrogen and oxygen atoms in total. The van der Waals surface area contributed by atoms with E-state index in [1.165, 1.54) is 27.8 Å². The minimum Gasteiger partial charge on any atom is -0.343 e. The highest BCUT2D eigenvalue weighted by molar-refractivity contribution is 6.15. The summed E-state index contributed by atoms with van der Waals surface area (Å²) < 4.78 is 0. The van der Waals surface area contributed by atoms with Crippen LogP contribution in [0.5, 0.6) is 0 Å². The maximum absolute atomic E-state index is 13.0. The number of rotatable bonds is 9. The Morgan fingerprint density at radius 3 is 2.39 bits per heavy atom. The van der Waals surface area contributed by atoms with Crippen molar-refractivity contribution in [3.8, 4) is 0 Å². The van der Waals surface area contributed by atoms with Crippen LogP contribution in [-0.2, 0) is 11.2 Å². The zero-order valence-electron chi connectivity index (χ0n) is 22.6. The van der Waals surface area contributed by atoms with E-state index in [2.05, 4.69) is 83.3 Å². The second kappa shape index (κ2) is 12.3. The van der Waals surface area contributed by atoms with E-state index in [9.17, 15) is 4.79 Å². The van der Waals surface area contributed by atoms with E-state index in [4.69, 9.17) is 4.99 Å². The van der Waals surface area contributed by atoms with Crippen LogP contribution in [0.2, 0.25) is 0 Å². The van der Waals surface area contributed by atoms with Gasteiger partial charge < -0.3 is 4.90 Å². The van der Waals surface area contributed by atoms with Gasteiger partial charge in [0, 0.05) is 38.3 Å². The Labute approximate surface area is 226 Å². The average Bonchev–Trinajstić information content (AvgIpc) is 3.39. The summed E-state index contributed by atoms with van der Waals surface area (Å²) in [6, 6.07) is 19.1. The Balaban J connectivity index is 1.14. The number of aryl methyl sites for hydroxylation is 3. The van der Waals surface area contributed by atoms with Crippen LogP contribution >= 0.6 is 0 Å². The predicted octanol–water partition coefficient (Wildman–Crippen LogP) is 6.39. The lowest BCUT2D eigenvalue weighted by molar-refractivity contribution is -0.132. The summed E-state index contributed by atoms with van der Waals surface area (Å²) in [5, 5.41) is 0. The van der Waals surface area contributed by atoms with Crippen molar-refractivity contribution in [3.63, 3.8) is 0 Å². The highest BCUT2D eigenvalue weighted by Gasteiger charge is 2.25. The molecule has 1 unspecified atom stereocenters. The van der Waals surface area contributed by atoms with Crippen LogP contribution in [0.15, 0.2) is 78.1 Å². The minimum atomic E-state index is 0.0905. The van der Waals surface area contributed by atoms with Crippen LogP contribution in [0.1, 0.15) is 66.6 Å². The zero-order chi connectivity index (χ0) is 26.3. The van der Waals surface area contributed by atoms with Gasteiger partial charge in [-0.05, 0) is 97.9 Å². The molecule has 38 heavy (non-hydrogen) atoms. The molecule has 196 valence electrons. The van der Waals surface area contributed by atoms with Gasteiger partial charge in [0.05, 0.1) is 11.8 Å². The molecule has 0 bridgehead atoms. The van der Waals surface area contributed by atoms with Crippen LogP contribution in [0, 0.1) is 19.8 Å². The number of nitrogens with zero attached hydrogens (tertiary/aromatic N) is 4. The van der Waals surface area contributed by atoms with E-state index >= 15 is 0 Å². The summed E-state index contributed by atoms with van der Waals surface area (Å²) >= 11 is 0. The highest BCUT2D eigenvalue weighted by atomic mass is 16.2. The number of carbonyl (C=O) groups is 1. The molecule has 2 aliphatic heterocycles. The fourth-order valence-electron chi connectivity index (χ4n) is 5.57. The molecule has 1 amide bonds.